The van der Waals surface area contributed by atoms with Gasteiger partial charge in [-0.1, -0.05) is 18.2 Å². The number of rotatable bonds is 2. The molecule has 0 saturated carbocycles. The molecule has 0 fully saturated rings. The number of nitrogens with zero attached hydrogens (tertiary/aromatic N) is 2. The van der Waals surface area contributed by atoms with Crippen LogP contribution in [-0.4, -0.2) is 13.5 Å². The predicted molar refractivity (Wildman–Crippen MR) is 101 cm³/mol. The Morgan fingerprint density at radius 1 is 1.00 bits per heavy atom. The summed E-state index contributed by atoms with van der Waals surface area (Å²) in [6, 6.07) is 17.8. The van der Waals surface area contributed by atoms with E-state index in [4.69, 9.17) is 5.26 Å². The highest BCUT2D eigenvalue weighted by atomic mass is 32.2. The third-order valence-corrected chi connectivity index (χ3v) is 5.79. The first-order valence-electron chi connectivity index (χ1n) is 7.93. The molecule has 26 heavy (non-hydrogen) atoms. The molecule has 4 rings (SSSR count). The molecule has 0 radical (unpaired) electrons. The molecule has 1 aliphatic heterocycles. The topological polar surface area (TPSA) is 81.4 Å². The Bertz CT molecular complexity index is 1210. The number of hydrogen-bond donors (Lipinski definition) is 1. The van der Waals surface area contributed by atoms with Crippen molar-refractivity contribution in [3.8, 4) is 11.8 Å². The number of fused-ring (bicyclic) bond motifs is 2. The van der Waals surface area contributed by atoms with Crippen LogP contribution in [0.4, 0.5) is 5.69 Å². The van der Waals surface area contributed by atoms with Gasteiger partial charge in [0, 0.05) is 5.56 Å². The third kappa shape index (κ3) is 2.79. The summed E-state index contributed by atoms with van der Waals surface area (Å²) in [5.74, 6) is 0.0855. The molecular weight excluding hydrogens is 348 g/mol. The molecular formula is C20H14N2O3S. The number of aromatic hydroxyl groups is 1. The van der Waals surface area contributed by atoms with Gasteiger partial charge in [0.05, 0.1) is 29.3 Å². The number of hydrogen-bond acceptors (Lipinski definition) is 4. The van der Waals surface area contributed by atoms with Gasteiger partial charge in [-0.05, 0) is 58.8 Å². The van der Waals surface area contributed by atoms with Gasteiger partial charge in [-0.15, -0.1) is 0 Å². The first kappa shape index (κ1) is 16.2. The Hall–Kier alpha value is -3.30. The summed E-state index contributed by atoms with van der Waals surface area (Å²) in [6.07, 6.45) is 1.49. The molecule has 0 aliphatic carbocycles. The summed E-state index contributed by atoms with van der Waals surface area (Å²) in [5, 5.41) is 21.7. The molecule has 3 aromatic carbocycles. The van der Waals surface area contributed by atoms with E-state index in [9.17, 15) is 13.5 Å². The fourth-order valence-corrected chi connectivity index (χ4v) is 4.31. The zero-order valence-corrected chi connectivity index (χ0v) is 14.4. The Labute approximate surface area is 151 Å². The molecule has 0 bridgehead atoms. The van der Waals surface area contributed by atoms with Crippen molar-refractivity contribution in [2.45, 2.75) is 6.54 Å². The van der Waals surface area contributed by atoms with E-state index >= 15 is 0 Å². The Morgan fingerprint density at radius 2 is 1.81 bits per heavy atom. The van der Waals surface area contributed by atoms with Crippen molar-refractivity contribution in [1.82, 2.24) is 0 Å². The van der Waals surface area contributed by atoms with Gasteiger partial charge in [0.1, 0.15) is 5.75 Å². The fraction of sp³-hybridized carbons (Fsp3) is 0.0500. The van der Waals surface area contributed by atoms with E-state index in [0.717, 1.165) is 21.7 Å². The van der Waals surface area contributed by atoms with Crippen LogP contribution in [0.25, 0.3) is 16.8 Å². The number of phenolic OH excluding ortho intramolecular Hbond substituents is 1. The van der Waals surface area contributed by atoms with Gasteiger partial charge >= 0.3 is 0 Å². The van der Waals surface area contributed by atoms with Crippen LogP contribution >= 0.6 is 0 Å². The minimum Gasteiger partial charge on any atom is -0.508 e. The minimum atomic E-state index is -3.60. The van der Waals surface area contributed by atoms with E-state index in [2.05, 4.69) is 6.07 Å². The molecule has 0 saturated heterocycles. The third-order valence-electron chi connectivity index (χ3n) is 4.37. The lowest BCUT2D eigenvalue weighted by molar-refractivity contribution is 0.475. The second-order valence-corrected chi connectivity index (χ2v) is 7.85. The van der Waals surface area contributed by atoms with Crippen LogP contribution in [0.2, 0.25) is 0 Å². The van der Waals surface area contributed by atoms with Crippen LogP contribution in [-0.2, 0) is 16.6 Å². The van der Waals surface area contributed by atoms with Gasteiger partial charge in [0.25, 0.3) is 10.0 Å². The maximum atomic E-state index is 12.5. The van der Waals surface area contributed by atoms with E-state index in [1.807, 2.05) is 24.3 Å². The molecule has 3 aromatic rings. The molecule has 128 valence electrons. The number of benzene rings is 3. The molecule has 5 nitrogen and oxygen atoms in total. The largest absolute Gasteiger partial charge is 0.508 e. The van der Waals surface area contributed by atoms with Gasteiger partial charge < -0.3 is 5.11 Å². The zero-order valence-electron chi connectivity index (χ0n) is 13.6. The molecule has 1 heterocycles. The van der Waals surface area contributed by atoms with Gasteiger partial charge in [0.2, 0.25) is 0 Å². The van der Waals surface area contributed by atoms with Crippen molar-refractivity contribution in [2.24, 2.45) is 0 Å². The van der Waals surface area contributed by atoms with Crippen molar-refractivity contribution in [2.75, 3.05) is 4.31 Å². The predicted octanol–water partition coefficient (Wildman–Crippen LogP) is 3.74. The summed E-state index contributed by atoms with van der Waals surface area (Å²) in [6.45, 7) is 0.164. The van der Waals surface area contributed by atoms with E-state index in [-0.39, 0.29) is 12.3 Å². The quantitative estimate of drug-likeness (QED) is 0.753. The molecule has 1 aliphatic rings. The van der Waals surface area contributed by atoms with E-state index in [1.54, 1.807) is 18.2 Å². The van der Waals surface area contributed by atoms with Crippen LogP contribution < -0.4 is 4.31 Å². The standard InChI is InChI=1S/C20H14N2O3S/c21-12-14-1-3-16-4-2-15(10-18(16)9-14)13-22-20-6-5-19(23)11-17(20)7-8-26(22,24)25/h1-11,23H,13H2. The molecule has 1 N–H and O–H groups in total. The van der Waals surface area contributed by atoms with E-state index < -0.39 is 10.0 Å². The molecule has 0 spiro atoms. The highest BCUT2D eigenvalue weighted by Crippen LogP contribution is 2.34. The lowest BCUT2D eigenvalue weighted by Crippen LogP contribution is -2.31. The van der Waals surface area contributed by atoms with Crippen LogP contribution in [0, 0.1) is 11.3 Å². The number of anilines is 1. The summed E-state index contributed by atoms with van der Waals surface area (Å²) >= 11 is 0. The first-order chi connectivity index (χ1) is 12.5. The molecule has 0 atom stereocenters. The lowest BCUT2D eigenvalue weighted by Gasteiger charge is -2.27. The average Bonchev–Trinajstić information content (AvgIpc) is 2.63. The zero-order chi connectivity index (χ0) is 18.3. The molecule has 6 heteroatoms. The van der Waals surface area contributed by atoms with Gasteiger partial charge in [-0.2, -0.15) is 5.26 Å². The van der Waals surface area contributed by atoms with Crippen LogP contribution in [0.15, 0.2) is 60.0 Å². The van der Waals surface area contributed by atoms with E-state index in [1.165, 1.54) is 22.5 Å². The van der Waals surface area contributed by atoms with Gasteiger partial charge in [-0.25, -0.2) is 8.42 Å². The van der Waals surface area contributed by atoms with Crippen molar-refractivity contribution in [3.05, 3.63) is 76.7 Å². The molecule has 0 unspecified atom stereocenters. The van der Waals surface area contributed by atoms with Crippen molar-refractivity contribution in [3.63, 3.8) is 0 Å². The highest BCUT2D eigenvalue weighted by molar-refractivity contribution is 7.95. The summed E-state index contributed by atoms with van der Waals surface area (Å²) < 4.78 is 26.4. The van der Waals surface area contributed by atoms with Gasteiger partial charge in [0.15, 0.2) is 0 Å². The average molecular weight is 362 g/mol. The normalized spacial score (nSPS) is 14.8. The van der Waals surface area contributed by atoms with E-state index in [0.29, 0.717) is 16.8 Å². The monoisotopic (exact) mass is 362 g/mol. The number of sulfonamides is 1. The lowest BCUT2D eigenvalue weighted by atomic mass is 10.0. The number of nitriles is 1. The summed E-state index contributed by atoms with van der Waals surface area (Å²) in [5.41, 5.74) is 2.54. The van der Waals surface area contributed by atoms with Crippen LogP contribution in [0.1, 0.15) is 16.7 Å². The Balaban J connectivity index is 1.77. The SMILES string of the molecule is N#Cc1ccc2ccc(CN3c4ccc(O)cc4C=CS3(=O)=O)cc2c1. The molecule has 0 amide bonds. The number of phenols is 1. The fourth-order valence-electron chi connectivity index (χ4n) is 3.08. The Kier molecular flexibility index (Phi) is 3.67. The van der Waals surface area contributed by atoms with Crippen molar-refractivity contribution < 1.29 is 13.5 Å². The van der Waals surface area contributed by atoms with Crippen LogP contribution in [0.3, 0.4) is 0 Å². The first-order valence-corrected chi connectivity index (χ1v) is 9.43. The van der Waals surface area contributed by atoms with Crippen molar-refractivity contribution >= 4 is 32.6 Å². The molecule has 0 aromatic heterocycles. The summed E-state index contributed by atoms with van der Waals surface area (Å²) in [4.78, 5) is 0. The summed E-state index contributed by atoms with van der Waals surface area (Å²) in [7, 11) is -3.60. The van der Waals surface area contributed by atoms with Gasteiger partial charge in [-0.3, -0.25) is 4.31 Å². The second kappa shape index (κ2) is 5.90. The maximum Gasteiger partial charge on any atom is 0.257 e. The highest BCUT2D eigenvalue weighted by Gasteiger charge is 2.26. The maximum absolute atomic E-state index is 12.5. The van der Waals surface area contributed by atoms with Crippen LogP contribution in [0.5, 0.6) is 5.75 Å². The Morgan fingerprint density at radius 3 is 2.62 bits per heavy atom. The smallest absolute Gasteiger partial charge is 0.257 e. The second-order valence-electron chi connectivity index (χ2n) is 6.11. The minimum absolute atomic E-state index is 0.0855. The van der Waals surface area contributed by atoms with Crippen molar-refractivity contribution in [1.29, 1.82) is 5.26 Å².